The van der Waals surface area contributed by atoms with Gasteiger partial charge in [-0.2, -0.15) is 31.8 Å². The molecule has 0 N–H and O–H groups in total. The Bertz CT molecular complexity index is 1120. The number of halogens is 3. The molecule has 1 aliphatic rings. The minimum Gasteiger partial charge on any atom is -0.305 e. The second kappa shape index (κ2) is 9.37. The van der Waals surface area contributed by atoms with Crippen LogP contribution < -0.4 is 4.90 Å². The van der Waals surface area contributed by atoms with Gasteiger partial charge in [0.25, 0.3) is 5.91 Å². The van der Waals surface area contributed by atoms with Gasteiger partial charge in [0, 0.05) is 47.1 Å². The van der Waals surface area contributed by atoms with Crippen molar-refractivity contribution >= 4 is 42.6 Å². The van der Waals surface area contributed by atoms with E-state index in [-0.39, 0.29) is 54.3 Å². The highest BCUT2D eigenvalue weighted by atomic mass is 32.2. The van der Waals surface area contributed by atoms with Crippen molar-refractivity contribution < 1.29 is 22.8 Å². The zero-order valence-electron chi connectivity index (χ0n) is 16.8. The summed E-state index contributed by atoms with van der Waals surface area (Å²) in [5.41, 5.74) is -2.64. The highest BCUT2D eigenvalue weighted by Gasteiger charge is 2.34. The summed E-state index contributed by atoms with van der Waals surface area (Å²) in [4.78, 5) is 31.3. The predicted octanol–water partition coefficient (Wildman–Crippen LogP) is 4.65. The Morgan fingerprint density at radius 2 is 1.91 bits per heavy atom. The molecule has 0 spiro atoms. The number of Topliss-reactive ketones (excluding diaryl/α,β-unsaturated/α-hetero) is 1. The molecule has 0 unspecified atom stereocenters. The van der Waals surface area contributed by atoms with Gasteiger partial charge in [0.2, 0.25) is 0 Å². The van der Waals surface area contributed by atoms with Crippen LogP contribution in [0.2, 0.25) is 0 Å². The number of carbonyl (C=O) groups excluding carboxylic acids is 2. The summed E-state index contributed by atoms with van der Waals surface area (Å²) in [6, 6.07) is 8.81. The first-order valence-electron chi connectivity index (χ1n) is 9.40. The molecule has 0 fully saturated rings. The second-order valence-electron chi connectivity index (χ2n) is 7.11. The summed E-state index contributed by atoms with van der Waals surface area (Å²) in [5.74, 6) is -0.532. The van der Waals surface area contributed by atoms with Crippen LogP contribution in [0.4, 0.5) is 18.9 Å². The number of thioether (sulfide) groups is 1. The van der Waals surface area contributed by atoms with E-state index in [0.29, 0.717) is 29.1 Å². The summed E-state index contributed by atoms with van der Waals surface area (Å²) in [6.45, 7) is 2.20. The highest BCUT2D eigenvalue weighted by molar-refractivity contribution is 8.00. The first-order valence-corrected chi connectivity index (χ1v) is 10.2. The Balaban J connectivity index is 0.00000289. The monoisotopic (exact) mass is 480 g/mol. The van der Waals surface area contributed by atoms with Crippen LogP contribution in [0.5, 0.6) is 0 Å². The average Bonchev–Trinajstić information content (AvgIpc) is 3.15. The van der Waals surface area contributed by atoms with E-state index in [1.54, 1.807) is 23.0 Å². The zero-order chi connectivity index (χ0) is 22.2. The number of alkyl halides is 3. The van der Waals surface area contributed by atoms with Crippen LogP contribution in [0.3, 0.4) is 0 Å². The fourth-order valence-electron chi connectivity index (χ4n) is 3.50. The number of amides is 1. The molecular formula is C21H19F3N4O2S2. The van der Waals surface area contributed by atoms with Crippen LogP contribution in [-0.2, 0) is 6.42 Å². The predicted molar refractivity (Wildman–Crippen MR) is 120 cm³/mol. The molecule has 4 rings (SSSR count). The van der Waals surface area contributed by atoms with Gasteiger partial charge in [0.1, 0.15) is 5.69 Å². The smallest absolute Gasteiger partial charge is 0.305 e. The first-order chi connectivity index (χ1) is 14.7. The molecule has 0 aliphatic carbocycles. The number of hydrogen-bond acceptors (Lipinski definition) is 5. The Morgan fingerprint density at radius 1 is 1.19 bits per heavy atom. The van der Waals surface area contributed by atoms with Crippen molar-refractivity contribution in [1.82, 2.24) is 14.8 Å². The fraction of sp³-hybridized carbons (Fsp3) is 0.238. The van der Waals surface area contributed by atoms with Crippen molar-refractivity contribution in [3.05, 3.63) is 71.8 Å². The molecule has 11 heteroatoms. The van der Waals surface area contributed by atoms with E-state index in [1.165, 1.54) is 41.6 Å². The van der Waals surface area contributed by atoms with Gasteiger partial charge in [-0.05, 0) is 55.1 Å². The minimum absolute atomic E-state index is 0. The first kappa shape index (κ1) is 23.9. The van der Waals surface area contributed by atoms with Gasteiger partial charge in [-0.25, -0.2) is 0 Å². The lowest BCUT2D eigenvalue weighted by atomic mass is 10.0. The maximum absolute atomic E-state index is 13.2. The summed E-state index contributed by atoms with van der Waals surface area (Å²) in [7, 11) is 0. The molecule has 3 heterocycles. The average molecular weight is 481 g/mol. The summed E-state index contributed by atoms with van der Waals surface area (Å²) < 4.78 is 39.3. The number of aromatic nitrogens is 3. The third kappa shape index (κ3) is 4.99. The Kier molecular flexibility index (Phi) is 6.99. The van der Waals surface area contributed by atoms with Crippen molar-refractivity contribution in [3.8, 4) is 0 Å². The standard InChI is InChI=1S/C21H17F3N4O2S.H2S/c1-13-12-27(16-4-6-17(7-5-16)31-21(22,23)24)20(30)19-15(11-26-28(13)19)9-18(29)14-3-2-8-25-10-14;/h2-8,10-11,13H,9,12H2,1H3;1H2/t13-;/m0./s1. The number of ketones is 1. The Hall–Kier alpha value is -2.79. The quantitative estimate of drug-likeness (QED) is 0.393. The fourth-order valence-corrected chi connectivity index (χ4v) is 4.04. The second-order valence-corrected chi connectivity index (χ2v) is 8.25. The van der Waals surface area contributed by atoms with Crippen LogP contribution in [0.25, 0.3) is 0 Å². The highest BCUT2D eigenvalue weighted by Crippen LogP contribution is 2.38. The maximum Gasteiger partial charge on any atom is 0.446 e. The third-order valence-corrected chi connectivity index (χ3v) is 5.64. The molecule has 168 valence electrons. The lowest BCUT2D eigenvalue weighted by Gasteiger charge is -2.32. The van der Waals surface area contributed by atoms with Gasteiger partial charge < -0.3 is 4.90 Å². The van der Waals surface area contributed by atoms with Crippen LogP contribution in [0.1, 0.15) is 39.4 Å². The molecule has 1 aromatic carbocycles. The number of pyridine rings is 1. The normalized spacial score (nSPS) is 15.8. The Morgan fingerprint density at radius 3 is 2.53 bits per heavy atom. The molecule has 1 atom stereocenters. The van der Waals surface area contributed by atoms with E-state index in [0.717, 1.165) is 0 Å². The molecule has 0 saturated carbocycles. The van der Waals surface area contributed by atoms with Crippen molar-refractivity contribution in [2.75, 3.05) is 11.4 Å². The number of fused-ring (bicyclic) bond motifs is 1. The topological polar surface area (TPSA) is 68.1 Å². The lowest BCUT2D eigenvalue weighted by Crippen LogP contribution is -2.43. The van der Waals surface area contributed by atoms with Crippen LogP contribution in [-0.4, -0.2) is 38.5 Å². The maximum atomic E-state index is 13.2. The van der Waals surface area contributed by atoms with E-state index >= 15 is 0 Å². The molecule has 2 aromatic heterocycles. The molecule has 0 radical (unpaired) electrons. The van der Waals surface area contributed by atoms with Crippen LogP contribution in [0.15, 0.2) is 59.9 Å². The molecule has 3 aromatic rings. The van der Waals surface area contributed by atoms with E-state index in [4.69, 9.17) is 0 Å². The summed E-state index contributed by atoms with van der Waals surface area (Å²) >= 11 is -0.206. The van der Waals surface area contributed by atoms with Crippen molar-refractivity contribution in [3.63, 3.8) is 0 Å². The number of rotatable bonds is 5. The Labute approximate surface area is 193 Å². The van der Waals surface area contributed by atoms with E-state index in [2.05, 4.69) is 10.1 Å². The lowest BCUT2D eigenvalue weighted by molar-refractivity contribution is -0.0328. The van der Waals surface area contributed by atoms with Gasteiger partial charge >= 0.3 is 5.51 Å². The molecule has 1 aliphatic heterocycles. The van der Waals surface area contributed by atoms with Gasteiger partial charge in [-0.1, -0.05) is 0 Å². The SMILES string of the molecule is C[C@H]1CN(c2ccc(SC(F)(F)F)cc2)C(=O)c2c(CC(=O)c3cccnc3)cnn21.S. The van der Waals surface area contributed by atoms with Crippen LogP contribution >= 0.6 is 25.3 Å². The number of hydrogen-bond donors (Lipinski definition) is 0. The van der Waals surface area contributed by atoms with Crippen molar-refractivity contribution in [2.45, 2.75) is 29.8 Å². The molecule has 32 heavy (non-hydrogen) atoms. The largest absolute Gasteiger partial charge is 0.446 e. The summed E-state index contributed by atoms with van der Waals surface area (Å²) in [6.07, 6.45) is 4.55. The molecule has 1 amide bonds. The number of benzene rings is 1. The number of carbonyl (C=O) groups is 2. The van der Waals surface area contributed by atoms with Crippen LogP contribution in [0, 0.1) is 0 Å². The minimum atomic E-state index is -4.38. The molecule has 6 nitrogen and oxygen atoms in total. The van der Waals surface area contributed by atoms with Gasteiger partial charge in [-0.3, -0.25) is 19.3 Å². The van der Waals surface area contributed by atoms with Gasteiger partial charge in [0.05, 0.1) is 12.2 Å². The van der Waals surface area contributed by atoms with E-state index < -0.39 is 5.51 Å². The zero-order valence-corrected chi connectivity index (χ0v) is 18.7. The van der Waals surface area contributed by atoms with E-state index in [9.17, 15) is 22.8 Å². The van der Waals surface area contributed by atoms with Gasteiger partial charge in [0.15, 0.2) is 5.78 Å². The number of anilines is 1. The molecule has 0 saturated heterocycles. The third-order valence-electron chi connectivity index (χ3n) is 4.90. The van der Waals surface area contributed by atoms with E-state index in [1.807, 2.05) is 6.92 Å². The molecular weight excluding hydrogens is 461 g/mol. The number of nitrogens with zero attached hydrogens (tertiary/aromatic N) is 4. The van der Waals surface area contributed by atoms with Crippen molar-refractivity contribution in [2.24, 2.45) is 0 Å². The summed E-state index contributed by atoms with van der Waals surface area (Å²) in [5, 5.41) is 4.29. The molecule has 0 bridgehead atoms. The van der Waals surface area contributed by atoms with Crippen molar-refractivity contribution in [1.29, 1.82) is 0 Å². The van der Waals surface area contributed by atoms with Gasteiger partial charge in [-0.15, -0.1) is 0 Å².